The molecule has 0 fully saturated rings. The average molecular weight is 279 g/mol. The lowest BCUT2D eigenvalue weighted by Gasteiger charge is -2.14. The van der Waals surface area contributed by atoms with Crippen molar-refractivity contribution in [1.82, 2.24) is 0 Å². The first-order chi connectivity index (χ1) is 8.72. The van der Waals surface area contributed by atoms with Crippen LogP contribution in [-0.4, -0.2) is 13.1 Å². The first-order valence-electron chi connectivity index (χ1n) is 4.74. The van der Waals surface area contributed by atoms with Crippen molar-refractivity contribution in [3.8, 4) is 6.07 Å². The summed E-state index contributed by atoms with van der Waals surface area (Å²) in [6.45, 7) is 0. The molecule has 1 rings (SSSR count). The van der Waals surface area contributed by atoms with Gasteiger partial charge in [0.25, 0.3) is 6.43 Å². The zero-order valence-corrected chi connectivity index (χ0v) is 9.39. The molecule has 1 aromatic carbocycles. The molecular formula is C11H6F5NO2. The third-order valence-corrected chi connectivity index (χ3v) is 2.26. The predicted octanol–water partition coefficient (Wildman–Crippen LogP) is 3.30. The number of ether oxygens (including phenoxy) is 1. The highest BCUT2D eigenvalue weighted by molar-refractivity contribution is 5.92. The minimum atomic E-state index is -5.05. The van der Waals surface area contributed by atoms with Crippen LogP contribution in [0.2, 0.25) is 0 Å². The van der Waals surface area contributed by atoms with Gasteiger partial charge in [0.05, 0.1) is 23.8 Å². The third kappa shape index (κ3) is 2.99. The molecule has 8 heteroatoms. The van der Waals surface area contributed by atoms with Gasteiger partial charge in [-0.2, -0.15) is 18.4 Å². The van der Waals surface area contributed by atoms with Crippen molar-refractivity contribution in [3.63, 3.8) is 0 Å². The van der Waals surface area contributed by atoms with Crippen LogP contribution < -0.4 is 0 Å². The molecule has 102 valence electrons. The van der Waals surface area contributed by atoms with Crippen LogP contribution in [0.15, 0.2) is 12.1 Å². The lowest BCUT2D eigenvalue weighted by molar-refractivity contribution is -0.139. The summed E-state index contributed by atoms with van der Waals surface area (Å²) in [4.78, 5) is 11.2. The number of benzene rings is 1. The first kappa shape index (κ1) is 14.9. The number of esters is 1. The Balaban J connectivity index is 3.62. The van der Waals surface area contributed by atoms with Gasteiger partial charge in [-0.15, -0.1) is 0 Å². The number of nitriles is 1. The number of nitrogens with zero attached hydrogens (tertiary/aromatic N) is 1. The smallest absolute Gasteiger partial charge is 0.416 e. The topological polar surface area (TPSA) is 50.1 Å². The van der Waals surface area contributed by atoms with Crippen molar-refractivity contribution in [1.29, 1.82) is 5.26 Å². The molecule has 0 unspecified atom stereocenters. The van der Waals surface area contributed by atoms with E-state index in [9.17, 15) is 26.7 Å². The SMILES string of the molecule is COC(=O)c1cc(C(F)F)c(C(F)(F)F)cc1C#N. The molecule has 0 atom stereocenters. The standard InChI is InChI=1S/C11H6F5NO2/c1-19-10(18)6-3-7(9(12)13)8(11(14,15)16)2-5(6)4-17/h2-3,9H,1H3. The molecule has 0 N–H and O–H groups in total. The fraction of sp³-hybridized carbons (Fsp3) is 0.273. The van der Waals surface area contributed by atoms with Gasteiger partial charge in [-0.3, -0.25) is 0 Å². The molecule has 0 spiro atoms. The molecule has 0 radical (unpaired) electrons. The van der Waals surface area contributed by atoms with E-state index < -0.39 is 40.8 Å². The van der Waals surface area contributed by atoms with Gasteiger partial charge in [-0.05, 0) is 12.1 Å². The quantitative estimate of drug-likeness (QED) is 0.616. The van der Waals surface area contributed by atoms with Gasteiger partial charge in [-0.1, -0.05) is 0 Å². The second kappa shape index (κ2) is 5.22. The summed E-state index contributed by atoms with van der Waals surface area (Å²) in [6, 6.07) is 1.89. The Labute approximate surface area is 104 Å². The van der Waals surface area contributed by atoms with Crippen LogP contribution >= 0.6 is 0 Å². The zero-order chi connectivity index (χ0) is 14.8. The number of alkyl halides is 5. The highest BCUT2D eigenvalue weighted by atomic mass is 19.4. The number of halogens is 5. The van der Waals surface area contributed by atoms with E-state index in [1.54, 1.807) is 0 Å². The van der Waals surface area contributed by atoms with Gasteiger partial charge < -0.3 is 4.74 Å². The monoisotopic (exact) mass is 279 g/mol. The number of hydrogen-bond donors (Lipinski definition) is 0. The van der Waals surface area contributed by atoms with E-state index in [4.69, 9.17) is 5.26 Å². The summed E-state index contributed by atoms with van der Waals surface area (Å²) in [6.07, 6.45) is -8.49. The molecular weight excluding hydrogens is 273 g/mol. The lowest BCUT2D eigenvalue weighted by atomic mass is 9.98. The largest absolute Gasteiger partial charge is 0.465 e. The summed E-state index contributed by atoms with van der Waals surface area (Å²) in [5.74, 6) is -1.16. The van der Waals surface area contributed by atoms with E-state index in [-0.39, 0.29) is 6.07 Å². The van der Waals surface area contributed by atoms with Crippen molar-refractivity contribution in [2.45, 2.75) is 12.6 Å². The van der Waals surface area contributed by atoms with E-state index in [0.717, 1.165) is 7.11 Å². The summed E-state index contributed by atoms with van der Waals surface area (Å²) >= 11 is 0. The van der Waals surface area contributed by atoms with Crippen LogP contribution in [0.5, 0.6) is 0 Å². The van der Waals surface area contributed by atoms with Gasteiger partial charge in [0.2, 0.25) is 0 Å². The summed E-state index contributed by atoms with van der Waals surface area (Å²) in [5, 5.41) is 8.67. The van der Waals surface area contributed by atoms with Crippen molar-refractivity contribution < 1.29 is 31.5 Å². The minimum absolute atomic E-state index is 0.216. The third-order valence-electron chi connectivity index (χ3n) is 2.26. The van der Waals surface area contributed by atoms with Gasteiger partial charge >= 0.3 is 12.1 Å². The zero-order valence-electron chi connectivity index (χ0n) is 9.39. The molecule has 0 heterocycles. The molecule has 0 saturated heterocycles. The van der Waals surface area contributed by atoms with Crippen molar-refractivity contribution >= 4 is 5.97 Å². The molecule has 3 nitrogen and oxygen atoms in total. The van der Waals surface area contributed by atoms with E-state index in [1.165, 1.54) is 6.07 Å². The van der Waals surface area contributed by atoms with Crippen LogP contribution in [0, 0.1) is 11.3 Å². The second-order valence-corrected chi connectivity index (χ2v) is 3.39. The summed E-state index contributed by atoms with van der Waals surface area (Å²) in [5.41, 5.74) is -4.32. The molecule has 0 aromatic heterocycles. The van der Waals surface area contributed by atoms with Crippen LogP contribution in [0.1, 0.15) is 33.5 Å². The number of methoxy groups -OCH3 is 1. The molecule has 0 aliphatic heterocycles. The average Bonchev–Trinajstić information content (AvgIpc) is 2.34. The predicted molar refractivity (Wildman–Crippen MR) is 52.5 cm³/mol. The lowest BCUT2D eigenvalue weighted by Crippen LogP contribution is -2.13. The summed E-state index contributed by atoms with van der Waals surface area (Å²) in [7, 11) is 0.920. The van der Waals surface area contributed by atoms with Gasteiger partial charge in [-0.25, -0.2) is 13.6 Å². The Morgan fingerprint density at radius 1 is 1.37 bits per heavy atom. The van der Waals surface area contributed by atoms with Crippen LogP contribution in [0.3, 0.4) is 0 Å². The Hall–Kier alpha value is -2.17. The summed E-state index contributed by atoms with van der Waals surface area (Å²) < 4.78 is 67.2. The minimum Gasteiger partial charge on any atom is -0.465 e. The fourth-order valence-electron chi connectivity index (χ4n) is 1.41. The number of hydrogen-bond acceptors (Lipinski definition) is 3. The van der Waals surface area contributed by atoms with E-state index in [0.29, 0.717) is 6.07 Å². The van der Waals surface area contributed by atoms with Gasteiger partial charge in [0.1, 0.15) is 6.07 Å². The molecule has 0 saturated carbocycles. The maximum atomic E-state index is 12.6. The number of rotatable bonds is 2. The van der Waals surface area contributed by atoms with Crippen molar-refractivity contribution in [3.05, 3.63) is 34.4 Å². The van der Waals surface area contributed by atoms with Crippen LogP contribution in [-0.2, 0) is 10.9 Å². The maximum absolute atomic E-state index is 12.6. The van der Waals surface area contributed by atoms with Crippen LogP contribution in [0.4, 0.5) is 22.0 Å². The molecule has 0 bridgehead atoms. The maximum Gasteiger partial charge on any atom is 0.416 e. The van der Waals surface area contributed by atoms with E-state index in [2.05, 4.69) is 4.74 Å². The second-order valence-electron chi connectivity index (χ2n) is 3.39. The molecule has 0 aliphatic carbocycles. The Morgan fingerprint density at radius 2 is 1.95 bits per heavy atom. The first-order valence-corrected chi connectivity index (χ1v) is 4.74. The molecule has 1 aromatic rings. The highest BCUT2D eigenvalue weighted by Crippen LogP contribution is 2.38. The fourth-order valence-corrected chi connectivity index (χ4v) is 1.41. The molecule has 0 amide bonds. The van der Waals surface area contributed by atoms with Gasteiger partial charge in [0, 0.05) is 5.56 Å². The Morgan fingerprint density at radius 3 is 2.32 bits per heavy atom. The molecule has 19 heavy (non-hydrogen) atoms. The number of carbonyl (C=O) groups is 1. The number of carbonyl (C=O) groups excluding carboxylic acids is 1. The van der Waals surface area contributed by atoms with Gasteiger partial charge in [0.15, 0.2) is 0 Å². The van der Waals surface area contributed by atoms with Crippen molar-refractivity contribution in [2.24, 2.45) is 0 Å². The molecule has 0 aliphatic rings. The highest BCUT2D eigenvalue weighted by Gasteiger charge is 2.37. The Kier molecular flexibility index (Phi) is 4.09. The van der Waals surface area contributed by atoms with Crippen molar-refractivity contribution in [2.75, 3.05) is 7.11 Å². The van der Waals surface area contributed by atoms with E-state index in [1.807, 2.05) is 0 Å². The normalized spacial score (nSPS) is 11.3. The van der Waals surface area contributed by atoms with Crippen LogP contribution in [0.25, 0.3) is 0 Å². The Bertz CT molecular complexity index is 545. The van der Waals surface area contributed by atoms with E-state index >= 15 is 0 Å².